The minimum absolute atomic E-state index is 0.0000732. The van der Waals surface area contributed by atoms with Gasteiger partial charge in [0.25, 0.3) is 5.91 Å². The molecular weight excluding hydrogens is 290 g/mol. The zero-order chi connectivity index (χ0) is 16.4. The number of aryl methyl sites for hydroxylation is 2. The molecule has 1 atom stereocenters. The van der Waals surface area contributed by atoms with Crippen LogP contribution in [0, 0.1) is 12.8 Å². The third kappa shape index (κ3) is 3.45. The number of rotatable bonds is 6. The quantitative estimate of drug-likeness (QED) is 0.889. The molecule has 1 heterocycles. The highest BCUT2D eigenvalue weighted by molar-refractivity contribution is 5.93. The Bertz CT molecular complexity index is 677. The van der Waals surface area contributed by atoms with Crippen molar-refractivity contribution < 1.29 is 9.90 Å². The van der Waals surface area contributed by atoms with Crippen LogP contribution < -0.4 is 0 Å². The third-order valence-electron chi connectivity index (χ3n) is 4.43. The zero-order valence-corrected chi connectivity index (χ0v) is 13.6. The van der Waals surface area contributed by atoms with Gasteiger partial charge in [-0.05, 0) is 37.3 Å². The van der Waals surface area contributed by atoms with Gasteiger partial charge in [-0.1, -0.05) is 30.3 Å². The molecule has 0 radical (unpaired) electrons. The van der Waals surface area contributed by atoms with Gasteiger partial charge >= 0.3 is 0 Å². The molecule has 1 saturated carbocycles. The number of carbonyl (C=O) groups excluding carboxylic acids is 1. The molecule has 2 aromatic rings. The van der Waals surface area contributed by atoms with Gasteiger partial charge in [0.1, 0.15) is 5.69 Å². The highest BCUT2D eigenvalue weighted by Crippen LogP contribution is 2.36. The number of hydrogen-bond acceptors (Lipinski definition) is 3. The molecule has 0 bridgehead atoms. The van der Waals surface area contributed by atoms with Gasteiger partial charge in [0, 0.05) is 13.6 Å². The number of carbonyl (C=O) groups is 1. The Morgan fingerprint density at radius 2 is 2.09 bits per heavy atom. The van der Waals surface area contributed by atoms with E-state index in [1.165, 1.54) is 0 Å². The lowest BCUT2D eigenvalue weighted by Crippen LogP contribution is -2.44. The first-order valence-corrected chi connectivity index (χ1v) is 8.06. The number of benzene rings is 1. The second-order valence-electron chi connectivity index (χ2n) is 6.30. The molecule has 1 aromatic carbocycles. The predicted octanol–water partition coefficient (Wildman–Crippen LogP) is 2.14. The summed E-state index contributed by atoms with van der Waals surface area (Å²) in [6.07, 6.45) is 2.16. The predicted molar refractivity (Wildman–Crippen MR) is 87.9 cm³/mol. The molecular formula is C18H23N3O2. The van der Waals surface area contributed by atoms with E-state index in [4.69, 9.17) is 0 Å². The molecule has 3 rings (SSSR count). The second-order valence-corrected chi connectivity index (χ2v) is 6.30. The van der Waals surface area contributed by atoms with E-state index in [-0.39, 0.29) is 18.6 Å². The van der Waals surface area contributed by atoms with Crippen molar-refractivity contribution in [3.63, 3.8) is 0 Å². The van der Waals surface area contributed by atoms with E-state index in [2.05, 4.69) is 5.10 Å². The fraction of sp³-hybridized carbons (Fsp3) is 0.444. The van der Waals surface area contributed by atoms with E-state index in [0.29, 0.717) is 18.2 Å². The zero-order valence-electron chi connectivity index (χ0n) is 13.6. The summed E-state index contributed by atoms with van der Waals surface area (Å²) in [4.78, 5) is 14.9. The summed E-state index contributed by atoms with van der Waals surface area (Å²) in [6, 6.07) is 11.6. The Morgan fingerprint density at radius 1 is 1.39 bits per heavy atom. The molecule has 1 aliphatic rings. The summed E-state index contributed by atoms with van der Waals surface area (Å²) >= 11 is 0. The number of amides is 1. The largest absolute Gasteiger partial charge is 0.394 e. The molecule has 0 spiro atoms. The van der Waals surface area contributed by atoms with Crippen LogP contribution in [0.25, 0.3) is 0 Å². The maximum atomic E-state index is 13.1. The Morgan fingerprint density at radius 3 is 2.61 bits per heavy atom. The van der Waals surface area contributed by atoms with Crippen molar-refractivity contribution in [2.24, 2.45) is 13.0 Å². The van der Waals surface area contributed by atoms with Crippen LogP contribution in [0.3, 0.4) is 0 Å². The Hall–Kier alpha value is -2.14. The summed E-state index contributed by atoms with van der Waals surface area (Å²) in [5.74, 6) is 0.338. The van der Waals surface area contributed by atoms with E-state index in [9.17, 15) is 9.90 Å². The fourth-order valence-corrected chi connectivity index (χ4v) is 3.06. The van der Waals surface area contributed by atoms with Gasteiger partial charge in [-0.25, -0.2) is 0 Å². The molecule has 1 amide bonds. The van der Waals surface area contributed by atoms with Crippen LogP contribution >= 0.6 is 0 Å². The minimum Gasteiger partial charge on any atom is -0.394 e. The highest BCUT2D eigenvalue weighted by atomic mass is 16.3. The molecule has 122 valence electrons. The van der Waals surface area contributed by atoms with Crippen LogP contribution in [-0.2, 0) is 13.6 Å². The molecule has 1 aromatic heterocycles. The van der Waals surface area contributed by atoms with E-state index in [0.717, 1.165) is 24.1 Å². The summed E-state index contributed by atoms with van der Waals surface area (Å²) in [7, 11) is 1.78. The first kappa shape index (κ1) is 15.7. The van der Waals surface area contributed by atoms with Crippen LogP contribution in [0.5, 0.6) is 0 Å². The molecule has 1 unspecified atom stereocenters. The molecule has 0 aliphatic heterocycles. The SMILES string of the molecule is Cc1cc(C(=O)N(Cc2ccccc2)C(CO)C2CC2)n(C)n1. The van der Waals surface area contributed by atoms with Crippen molar-refractivity contribution in [2.45, 2.75) is 32.4 Å². The van der Waals surface area contributed by atoms with Gasteiger partial charge in [-0.3, -0.25) is 9.48 Å². The van der Waals surface area contributed by atoms with Crippen molar-refractivity contribution >= 4 is 5.91 Å². The molecule has 1 N–H and O–H groups in total. The Balaban J connectivity index is 1.90. The highest BCUT2D eigenvalue weighted by Gasteiger charge is 2.38. The van der Waals surface area contributed by atoms with Crippen molar-refractivity contribution in [2.75, 3.05) is 6.61 Å². The molecule has 1 aliphatic carbocycles. The second kappa shape index (κ2) is 6.54. The number of aliphatic hydroxyl groups is 1. The van der Waals surface area contributed by atoms with Crippen molar-refractivity contribution in [1.82, 2.24) is 14.7 Å². The monoisotopic (exact) mass is 313 g/mol. The van der Waals surface area contributed by atoms with Crippen LogP contribution in [0.4, 0.5) is 0 Å². The number of hydrogen-bond donors (Lipinski definition) is 1. The van der Waals surface area contributed by atoms with Gasteiger partial charge < -0.3 is 10.0 Å². The summed E-state index contributed by atoms with van der Waals surface area (Å²) in [6.45, 7) is 2.38. The molecule has 23 heavy (non-hydrogen) atoms. The Kier molecular flexibility index (Phi) is 4.48. The lowest BCUT2D eigenvalue weighted by atomic mass is 10.1. The first-order valence-electron chi connectivity index (χ1n) is 8.06. The third-order valence-corrected chi connectivity index (χ3v) is 4.43. The van der Waals surface area contributed by atoms with E-state index < -0.39 is 0 Å². The van der Waals surface area contributed by atoms with Crippen LogP contribution in [-0.4, -0.2) is 38.3 Å². The minimum atomic E-state index is -0.127. The number of aromatic nitrogens is 2. The fourth-order valence-electron chi connectivity index (χ4n) is 3.06. The Labute approximate surface area is 136 Å². The lowest BCUT2D eigenvalue weighted by molar-refractivity contribution is 0.0520. The topological polar surface area (TPSA) is 58.4 Å². The normalized spacial score (nSPS) is 15.4. The average molecular weight is 313 g/mol. The molecule has 5 nitrogen and oxygen atoms in total. The van der Waals surface area contributed by atoms with Crippen LogP contribution in [0.15, 0.2) is 36.4 Å². The van der Waals surface area contributed by atoms with Crippen molar-refractivity contribution in [3.05, 3.63) is 53.3 Å². The smallest absolute Gasteiger partial charge is 0.272 e. The van der Waals surface area contributed by atoms with Gasteiger partial charge in [-0.2, -0.15) is 5.10 Å². The van der Waals surface area contributed by atoms with E-state index in [1.54, 1.807) is 11.7 Å². The lowest BCUT2D eigenvalue weighted by Gasteiger charge is -2.31. The van der Waals surface area contributed by atoms with E-state index in [1.807, 2.05) is 48.2 Å². The maximum Gasteiger partial charge on any atom is 0.272 e. The van der Waals surface area contributed by atoms with Crippen LogP contribution in [0.1, 0.15) is 34.6 Å². The van der Waals surface area contributed by atoms with Crippen molar-refractivity contribution in [1.29, 1.82) is 0 Å². The molecule has 5 heteroatoms. The van der Waals surface area contributed by atoms with Gasteiger partial charge in [0.05, 0.1) is 18.3 Å². The summed E-state index contributed by atoms with van der Waals surface area (Å²) in [5, 5.41) is 14.1. The average Bonchev–Trinajstić information content (AvgIpc) is 3.32. The van der Waals surface area contributed by atoms with Crippen molar-refractivity contribution in [3.8, 4) is 0 Å². The number of aliphatic hydroxyl groups excluding tert-OH is 1. The molecule has 1 fully saturated rings. The first-order chi connectivity index (χ1) is 11.1. The van der Waals surface area contributed by atoms with Gasteiger partial charge in [0.2, 0.25) is 0 Å². The summed E-state index contributed by atoms with van der Waals surface area (Å²) < 4.78 is 1.62. The summed E-state index contributed by atoms with van der Waals surface area (Å²) in [5.41, 5.74) is 2.46. The maximum absolute atomic E-state index is 13.1. The van der Waals surface area contributed by atoms with Gasteiger partial charge in [0.15, 0.2) is 0 Å². The van der Waals surface area contributed by atoms with Gasteiger partial charge in [-0.15, -0.1) is 0 Å². The number of nitrogens with zero attached hydrogens (tertiary/aromatic N) is 3. The van der Waals surface area contributed by atoms with E-state index >= 15 is 0 Å². The van der Waals surface area contributed by atoms with Crippen LogP contribution in [0.2, 0.25) is 0 Å². The standard InChI is InChI=1S/C18H23N3O2/c1-13-10-16(20(2)19-13)18(23)21(17(12-22)15-8-9-15)11-14-6-4-3-5-7-14/h3-7,10,15,17,22H,8-9,11-12H2,1-2H3. The molecule has 0 saturated heterocycles.